The lowest BCUT2D eigenvalue weighted by molar-refractivity contribution is 0.0954. The van der Waals surface area contributed by atoms with Gasteiger partial charge in [-0.1, -0.05) is 66.7 Å². The third kappa shape index (κ3) is 5.45. The third-order valence-corrected chi connectivity index (χ3v) is 4.72. The molecule has 3 nitrogen and oxygen atoms in total. The number of anilines is 1. The van der Waals surface area contributed by atoms with Crippen molar-refractivity contribution in [3.8, 4) is 0 Å². The number of amides is 1. The lowest BCUT2D eigenvalue weighted by Gasteiger charge is -2.19. The second-order valence-electron chi connectivity index (χ2n) is 6.66. The Bertz CT molecular complexity index is 847. The molecule has 0 aliphatic rings. The fraction of sp³-hybridized carbons (Fsp3) is 0.208. The van der Waals surface area contributed by atoms with Gasteiger partial charge in [-0.2, -0.15) is 0 Å². The SMILES string of the molecule is CN(CCNC(=O)c1ccccc1CCc1ccccc1)c1ccccc1. The molecule has 3 aromatic carbocycles. The molecule has 0 saturated heterocycles. The van der Waals surface area contributed by atoms with E-state index in [9.17, 15) is 4.79 Å². The Morgan fingerprint density at radius 1 is 0.815 bits per heavy atom. The van der Waals surface area contributed by atoms with Gasteiger partial charge in [0.05, 0.1) is 0 Å². The Balaban J connectivity index is 1.55. The average Bonchev–Trinajstić information content (AvgIpc) is 2.73. The number of carbonyl (C=O) groups excluding carboxylic acids is 1. The minimum absolute atomic E-state index is 0.000114. The maximum Gasteiger partial charge on any atom is 0.251 e. The zero-order valence-corrected chi connectivity index (χ0v) is 15.8. The highest BCUT2D eigenvalue weighted by Gasteiger charge is 2.11. The number of para-hydroxylation sites is 1. The molecule has 0 spiro atoms. The first kappa shape index (κ1) is 18.7. The van der Waals surface area contributed by atoms with Gasteiger partial charge in [-0.25, -0.2) is 0 Å². The largest absolute Gasteiger partial charge is 0.373 e. The molecular weight excluding hydrogens is 332 g/mol. The number of rotatable bonds is 8. The van der Waals surface area contributed by atoms with E-state index in [1.54, 1.807) is 0 Å². The molecule has 0 saturated carbocycles. The van der Waals surface area contributed by atoms with Crippen LogP contribution in [-0.2, 0) is 12.8 Å². The maximum absolute atomic E-state index is 12.7. The zero-order valence-electron chi connectivity index (χ0n) is 15.8. The van der Waals surface area contributed by atoms with Crippen LogP contribution in [0.4, 0.5) is 5.69 Å². The predicted molar refractivity (Wildman–Crippen MR) is 112 cm³/mol. The summed E-state index contributed by atoms with van der Waals surface area (Å²) in [7, 11) is 2.04. The molecule has 0 fully saturated rings. The summed E-state index contributed by atoms with van der Waals surface area (Å²) in [5.41, 5.74) is 4.30. The first-order valence-corrected chi connectivity index (χ1v) is 9.40. The summed E-state index contributed by atoms with van der Waals surface area (Å²) in [5.74, 6) is 0.000114. The number of aryl methyl sites for hydroxylation is 2. The van der Waals surface area contributed by atoms with Crippen molar-refractivity contribution in [1.29, 1.82) is 0 Å². The number of hydrogen-bond acceptors (Lipinski definition) is 2. The molecule has 0 heterocycles. The van der Waals surface area contributed by atoms with Crippen LogP contribution in [0.5, 0.6) is 0 Å². The lowest BCUT2D eigenvalue weighted by atomic mass is 9.99. The second-order valence-corrected chi connectivity index (χ2v) is 6.66. The van der Waals surface area contributed by atoms with Crippen LogP contribution in [0.1, 0.15) is 21.5 Å². The van der Waals surface area contributed by atoms with Gasteiger partial charge in [0.15, 0.2) is 0 Å². The van der Waals surface area contributed by atoms with Crippen LogP contribution < -0.4 is 10.2 Å². The molecule has 3 rings (SSSR count). The molecule has 0 radical (unpaired) electrons. The van der Waals surface area contributed by atoms with Crippen molar-refractivity contribution in [2.75, 3.05) is 25.0 Å². The van der Waals surface area contributed by atoms with Crippen molar-refractivity contribution < 1.29 is 4.79 Å². The lowest BCUT2D eigenvalue weighted by Crippen LogP contribution is -2.33. The van der Waals surface area contributed by atoms with Crippen LogP contribution in [0.25, 0.3) is 0 Å². The Kier molecular flexibility index (Phi) is 6.64. The molecule has 138 valence electrons. The Morgan fingerprint density at radius 2 is 1.44 bits per heavy atom. The molecule has 0 aliphatic heterocycles. The Morgan fingerprint density at radius 3 is 2.19 bits per heavy atom. The molecule has 0 atom stereocenters. The molecule has 0 bridgehead atoms. The zero-order chi connectivity index (χ0) is 18.9. The monoisotopic (exact) mass is 358 g/mol. The van der Waals surface area contributed by atoms with E-state index < -0.39 is 0 Å². The van der Waals surface area contributed by atoms with Gasteiger partial charge in [0, 0.05) is 31.4 Å². The van der Waals surface area contributed by atoms with E-state index in [2.05, 4.69) is 46.6 Å². The number of likely N-dealkylation sites (N-methyl/N-ethyl adjacent to an activating group) is 1. The smallest absolute Gasteiger partial charge is 0.251 e. The number of hydrogen-bond donors (Lipinski definition) is 1. The third-order valence-electron chi connectivity index (χ3n) is 4.72. The standard InChI is InChI=1S/C24H26N2O/c1-26(22-13-6-3-7-14-22)19-18-25-24(27)23-15-9-8-12-21(23)17-16-20-10-4-2-5-11-20/h2-15H,16-19H2,1H3,(H,25,27). The van der Waals surface area contributed by atoms with Gasteiger partial charge in [0.2, 0.25) is 0 Å². The van der Waals surface area contributed by atoms with Crippen LogP contribution in [0.3, 0.4) is 0 Å². The number of nitrogens with one attached hydrogen (secondary N) is 1. The highest BCUT2D eigenvalue weighted by molar-refractivity contribution is 5.95. The van der Waals surface area contributed by atoms with E-state index in [0.29, 0.717) is 6.54 Å². The molecular formula is C24H26N2O. The molecule has 0 aliphatic carbocycles. The summed E-state index contributed by atoms with van der Waals surface area (Å²) in [5, 5.41) is 3.06. The van der Waals surface area contributed by atoms with E-state index in [4.69, 9.17) is 0 Å². The van der Waals surface area contributed by atoms with E-state index in [0.717, 1.165) is 36.2 Å². The molecule has 0 aromatic heterocycles. The predicted octanol–water partition coefficient (Wildman–Crippen LogP) is 4.34. The minimum Gasteiger partial charge on any atom is -0.373 e. The van der Waals surface area contributed by atoms with Crippen molar-refractivity contribution in [3.05, 3.63) is 102 Å². The van der Waals surface area contributed by atoms with Crippen molar-refractivity contribution in [3.63, 3.8) is 0 Å². The number of nitrogens with zero attached hydrogens (tertiary/aromatic N) is 1. The van der Waals surface area contributed by atoms with Crippen molar-refractivity contribution in [2.24, 2.45) is 0 Å². The van der Waals surface area contributed by atoms with Crippen molar-refractivity contribution in [1.82, 2.24) is 5.32 Å². The Hall–Kier alpha value is -3.07. The molecule has 3 aromatic rings. The number of benzene rings is 3. The molecule has 27 heavy (non-hydrogen) atoms. The molecule has 1 N–H and O–H groups in total. The summed E-state index contributed by atoms with van der Waals surface area (Å²) in [6.45, 7) is 1.37. The molecule has 0 unspecified atom stereocenters. The van der Waals surface area contributed by atoms with Crippen molar-refractivity contribution in [2.45, 2.75) is 12.8 Å². The van der Waals surface area contributed by atoms with Gasteiger partial charge in [0.1, 0.15) is 0 Å². The van der Waals surface area contributed by atoms with E-state index in [-0.39, 0.29) is 5.91 Å². The van der Waals surface area contributed by atoms with Crippen LogP contribution in [0.2, 0.25) is 0 Å². The average molecular weight is 358 g/mol. The summed E-state index contributed by atoms with van der Waals surface area (Å²) >= 11 is 0. The van der Waals surface area contributed by atoms with E-state index in [1.165, 1.54) is 5.56 Å². The van der Waals surface area contributed by atoms with Crippen LogP contribution >= 0.6 is 0 Å². The van der Waals surface area contributed by atoms with Gasteiger partial charge in [-0.3, -0.25) is 4.79 Å². The summed E-state index contributed by atoms with van der Waals surface area (Å²) in [4.78, 5) is 14.8. The number of carbonyl (C=O) groups is 1. The fourth-order valence-corrected chi connectivity index (χ4v) is 3.13. The highest BCUT2D eigenvalue weighted by atomic mass is 16.1. The van der Waals surface area contributed by atoms with Gasteiger partial charge < -0.3 is 10.2 Å². The van der Waals surface area contributed by atoms with Gasteiger partial charge in [0.25, 0.3) is 5.91 Å². The van der Waals surface area contributed by atoms with Crippen LogP contribution in [0, 0.1) is 0 Å². The first-order valence-electron chi connectivity index (χ1n) is 9.40. The van der Waals surface area contributed by atoms with Crippen molar-refractivity contribution >= 4 is 11.6 Å². The Labute approximate surface area is 161 Å². The summed E-state index contributed by atoms with van der Waals surface area (Å²) in [6.07, 6.45) is 1.79. The minimum atomic E-state index is 0.000114. The molecule has 1 amide bonds. The first-order chi connectivity index (χ1) is 13.2. The van der Waals surface area contributed by atoms with Gasteiger partial charge in [-0.05, 0) is 42.2 Å². The highest BCUT2D eigenvalue weighted by Crippen LogP contribution is 2.13. The van der Waals surface area contributed by atoms with Gasteiger partial charge in [-0.15, -0.1) is 0 Å². The van der Waals surface area contributed by atoms with Crippen LogP contribution in [-0.4, -0.2) is 26.0 Å². The quantitative estimate of drug-likeness (QED) is 0.650. The normalized spacial score (nSPS) is 10.4. The van der Waals surface area contributed by atoms with Crippen LogP contribution in [0.15, 0.2) is 84.9 Å². The van der Waals surface area contributed by atoms with Gasteiger partial charge >= 0.3 is 0 Å². The fourth-order valence-electron chi connectivity index (χ4n) is 3.13. The van der Waals surface area contributed by atoms with E-state index >= 15 is 0 Å². The maximum atomic E-state index is 12.7. The van der Waals surface area contributed by atoms with E-state index in [1.807, 2.05) is 55.6 Å². The summed E-state index contributed by atoms with van der Waals surface area (Å²) in [6, 6.07) is 28.5. The summed E-state index contributed by atoms with van der Waals surface area (Å²) < 4.78 is 0. The topological polar surface area (TPSA) is 32.3 Å². The molecule has 3 heteroatoms. The second kappa shape index (κ2) is 9.58.